The molecule has 0 N–H and O–H groups in total. The summed E-state index contributed by atoms with van der Waals surface area (Å²) in [6.45, 7) is 2.03. The minimum absolute atomic E-state index is 0.270. The van der Waals surface area contributed by atoms with Gasteiger partial charge in [-0.25, -0.2) is 9.18 Å². The van der Waals surface area contributed by atoms with Gasteiger partial charge < -0.3 is 4.74 Å². The molecule has 0 radical (unpaired) electrons. The number of fused-ring (bicyclic) bond motifs is 1. The van der Waals surface area contributed by atoms with Crippen LogP contribution in [0.4, 0.5) is 4.39 Å². The van der Waals surface area contributed by atoms with Gasteiger partial charge in [-0.1, -0.05) is 17.8 Å². The highest BCUT2D eigenvalue weighted by Gasteiger charge is 2.31. The molecule has 5 rings (SSSR count). The summed E-state index contributed by atoms with van der Waals surface area (Å²) in [7, 11) is 0. The zero-order chi connectivity index (χ0) is 21.4. The Kier molecular flexibility index (Phi) is 5.45. The van der Waals surface area contributed by atoms with Crippen molar-refractivity contribution in [1.29, 1.82) is 0 Å². The van der Waals surface area contributed by atoms with Gasteiger partial charge in [0, 0.05) is 39.8 Å². The standard InChI is InChI=1S/C22H19FN4O2S2/c1-2-29-21(28)19-15(18-16(23)6-3-7-17(18)31-19)12-30-22-26-25-20(27(22)14-8-9-14)13-5-4-10-24-11-13/h3-7,10-11,14H,2,8-9,12H2,1H3. The summed E-state index contributed by atoms with van der Waals surface area (Å²) >= 11 is 2.73. The number of carbonyl (C=O) groups is 1. The highest BCUT2D eigenvalue weighted by Crippen LogP contribution is 2.43. The first kappa shape index (κ1) is 20.1. The number of hydrogen-bond acceptors (Lipinski definition) is 7. The molecule has 1 fully saturated rings. The maximum absolute atomic E-state index is 14.7. The van der Waals surface area contributed by atoms with Crippen molar-refractivity contribution < 1.29 is 13.9 Å². The first-order chi connectivity index (χ1) is 15.2. The Labute approximate surface area is 186 Å². The number of pyridine rings is 1. The zero-order valence-corrected chi connectivity index (χ0v) is 18.4. The van der Waals surface area contributed by atoms with Crippen LogP contribution in [0.5, 0.6) is 0 Å². The average molecular weight is 455 g/mol. The van der Waals surface area contributed by atoms with Gasteiger partial charge in [0.05, 0.1) is 6.61 Å². The Morgan fingerprint density at radius 2 is 2.16 bits per heavy atom. The fraction of sp³-hybridized carbons (Fsp3) is 0.273. The summed E-state index contributed by atoms with van der Waals surface area (Å²) in [6.07, 6.45) is 5.65. The van der Waals surface area contributed by atoms with Gasteiger partial charge in [0.1, 0.15) is 10.7 Å². The Bertz CT molecular complexity index is 1250. The van der Waals surface area contributed by atoms with E-state index in [4.69, 9.17) is 4.74 Å². The number of thiophene rings is 1. The summed E-state index contributed by atoms with van der Waals surface area (Å²) in [5.41, 5.74) is 1.56. The van der Waals surface area contributed by atoms with Crippen LogP contribution in [-0.2, 0) is 10.5 Å². The maximum atomic E-state index is 14.7. The molecule has 0 saturated heterocycles. The summed E-state index contributed by atoms with van der Waals surface area (Å²) < 4.78 is 22.8. The van der Waals surface area contributed by atoms with E-state index < -0.39 is 5.97 Å². The minimum Gasteiger partial charge on any atom is -0.462 e. The van der Waals surface area contributed by atoms with Gasteiger partial charge in [-0.2, -0.15) is 0 Å². The van der Waals surface area contributed by atoms with E-state index >= 15 is 0 Å². The van der Waals surface area contributed by atoms with Crippen LogP contribution in [0.1, 0.15) is 41.0 Å². The number of carbonyl (C=O) groups excluding carboxylic acids is 1. The van der Waals surface area contributed by atoms with E-state index in [2.05, 4.69) is 19.7 Å². The monoisotopic (exact) mass is 454 g/mol. The van der Waals surface area contributed by atoms with Crippen LogP contribution < -0.4 is 0 Å². The van der Waals surface area contributed by atoms with Crippen molar-refractivity contribution in [1.82, 2.24) is 19.7 Å². The van der Waals surface area contributed by atoms with Gasteiger partial charge in [0.25, 0.3) is 0 Å². The molecule has 0 spiro atoms. The SMILES string of the molecule is CCOC(=O)c1sc2cccc(F)c2c1CSc1nnc(-c2cccnc2)n1C1CC1. The van der Waals surface area contributed by atoms with Gasteiger partial charge in [0.15, 0.2) is 11.0 Å². The van der Waals surface area contributed by atoms with Gasteiger partial charge >= 0.3 is 5.97 Å². The summed E-state index contributed by atoms with van der Waals surface area (Å²) in [6, 6.07) is 9.10. The number of rotatable bonds is 7. The molecule has 4 aromatic rings. The molecule has 31 heavy (non-hydrogen) atoms. The van der Waals surface area contributed by atoms with Crippen LogP contribution in [0, 0.1) is 5.82 Å². The van der Waals surface area contributed by atoms with Crippen LogP contribution >= 0.6 is 23.1 Å². The predicted octanol–water partition coefficient (Wildman–Crippen LogP) is 5.50. The number of halogens is 1. The van der Waals surface area contributed by atoms with E-state index in [0.717, 1.165) is 34.1 Å². The fourth-order valence-corrected chi connectivity index (χ4v) is 5.79. The number of hydrogen-bond donors (Lipinski definition) is 0. The first-order valence-corrected chi connectivity index (χ1v) is 11.8. The molecule has 9 heteroatoms. The third-order valence-corrected chi connectivity index (χ3v) is 7.21. The van der Waals surface area contributed by atoms with E-state index in [1.165, 1.54) is 29.2 Å². The molecule has 1 aromatic carbocycles. The predicted molar refractivity (Wildman–Crippen MR) is 119 cm³/mol. The summed E-state index contributed by atoms with van der Waals surface area (Å²) in [5, 5.41) is 10.0. The second kappa shape index (κ2) is 8.39. The van der Waals surface area contributed by atoms with Crippen LogP contribution in [0.25, 0.3) is 21.5 Å². The van der Waals surface area contributed by atoms with E-state index in [9.17, 15) is 9.18 Å². The number of thioether (sulfide) groups is 1. The van der Waals surface area contributed by atoms with Crippen LogP contribution in [0.3, 0.4) is 0 Å². The summed E-state index contributed by atoms with van der Waals surface area (Å²) in [5.74, 6) is 0.426. The molecular formula is C22H19FN4O2S2. The van der Waals surface area contributed by atoms with Crippen molar-refractivity contribution in [2.75, 3.05) is 6.61 Å². The topological polar surface area (TPSA) is 69.9 Å². The Morgan fingerprint density at radius 1 is 1.29 bits per heavy atom. The van der Waals surface area contributed by atoms with Crippen molar-refractivity contribution >= 4 is 39.2 Å². The lowest BCUT2D eigenvalue weighted by Gasteiger charge is -2.09. The Morgan fingerprint density at radius 3 is 2.90 bits per heavy atom. The molecule has 1 aliphatic rings. The van der Waals surface area contributed by atoms with Crippen molar-refractivity contribution in [2.45, 2.75) is 36.7 Å². The molecule has 0 unspecified atom stereocenters. The second-order valence-electron chi connectivity index (χ2n) is 7.18. The van der Waals surface area contributed by atoms with E-state index in [-0.39, 0.29) is 12.4 Å². The fourth-order valence-electron chi connectivity index (χ4n) is 3.53. The first-order valence-electron chi connectivity index (χ1n) is 10.0. The largest absolute Gasteiger partial charge is 0.462 e. The number of nitrogens with zero attached hydrogens (tertiary/aromatic N) is 4. The van der Waals surface area contributed by atoms with E-state index in [1.54, 1.807) is 25.4 Å². The van der Waals surface area contributed by atoms with Gasteiger partial charge in [-0.15, -0.1) is 21.5 Å². The van der Waals surface area contributed by atoms with Crippen molar-refractivity contribution in [3.8, 4) is 11.4 Å². The van der Waals surface area contributed by atoms with Crippen LogP contribution in [-0.4, -0.2) is 32.3 Å². The minimum atomic E-state index is -0.418. The number of ether oxygens (including phenoxy) is 1. The van der Waals surface area contributed by atoms with Crippen LogP contribution in [0.2, 0.25) is 0 Å². The molecule has 0 atom stereocenters. The highest BCUT2D eigenvalue weighted by molar-refractivity contribution is 7.98. The van der Waals surface area contributed by atoms with Gasteiger partial charge in [0.2, 0.25) is 0 Å². The molecule has 0 aliphatic heterocycles. The second-order valence-corrected chi connectivity index (χ2v) is 9.18. The molecule has 0 amide bonds. The normalized spacial score (nSPS) is 13.6. The highest BCUT2D eigenvalue weighted by atomic mass is 32.2. The molecule has 6 nitrogen and oxygen atoms in total. The maximum Gasteiger partial charge on any atom is 0.348 e. The third-order valence-electron chi connectivity index (χ3n) is 5.07. The van der Waals surface area contributed by atoms with Crippen LogP contribution in [0.15, 0.2) is 47.9 Å². The molecule has 158 valence electrons. The Hall–Kier alpha value is -2.78. The molecule has 1 saturated carbocycles. The van der Waals surface area contributed by atoms with Crippen molar-refractivity contribution in [2.24, 2.45) is 0 Å². The van der Waals surface area contributed by atoms with E-state index in [1.807, 2.05) is 18.2 Å². The van der Waals surface area contributed by atoms with Gasteiger partial charge in [-0.05, 0) is 49.6 Å². The molecule has 0 bridgehead atoms. The number of esters is 1. The lowest BCUT2D eigenvalue weighted by molar-refractivity contribution is 0.0531. The zero-order valence-electron chi connectivity index (χ0n) is 16.7. The number of aromatic nitrogens is 4. The quantitative estimate of drug-likeness (QED) is 0.271. The third kappa shape index (κ3) is 3.83. The van der Waals surface area contributed by atoms with Crippen molar-refractivity contribution in [3.63, 3.8) is 0 Å². The number of benzene rings is 1. The molecule has 3 heterocycles. The smallest absolute Gasteiger partial charge is 0.348 e. The lowest BCUT2D eigenvalue weighted by Crippen LogP contribution is -2.05. The Balaban J connectivity index is 1.51. The molecule has 3 aromatic heterocycles. The average Bonchev–Trinajstić information content (AvgIpc) is 3.41. The van der Waals surface area contributed by atoms with E-state index in [0.29, 0.717) is 27.6 Å². The van der Waals surface area contributed by atoms with Gasteiger partial charge in [-0.3, -0.25) is 9.55 Å². The lowest BCUT2D eigenvalue weighted by atomic mass is 10.1. The van der Waals surface area contributed by atoms with Crippen molar-refractivity contribution in [3.05, 3.63) is 59.0 Å². The molecule has 1 aliphatic carbocycles. The summed E-state index contributed by atoms with van der Waals surface area (Å²) in [4.78, 5) is 17.2. The molecular weight excluding hydrogens is 435 g/mol.